The fourth-order valence-electron chi connectivity index (χ4n) is 11.0. The van der Waals surface area contributed by atoms with E-state index in [4.69, 9.17) is 4.74 Å². The molecule has 7 rings (SSSR count). The molecule has 1 spiro atoms. The Morgan fingerprint density at radius 3 is 2.80 bits per heavy atom. The van der Waals surface area contributed by atoms with Crippen molar-refractivity contribution in [3.05, 3.63) is 58.7 Å². The highest BCUT2D eigenvalue weighted by molar-refractivity contribution is 5.82. The van der Waals surface area contributed by atoms with Crippen molar-refractivity contribution < 1.29 is 14.3 Å². The molecule has 2 heterocycles. The summed E-state index contributed by atoms with van der Waals surface area (Å²) in [5.74, 6) is 3.76. The molecule has 9 atom stereocenters. The normalized spacial score (nSPS) is 40.1. The van der Waals surface area contributed by atoms with E-state index in [-0.39, 0.29) is 23.0 Å². The molecule has 2 saturated heterocycles. The first kappa shape index (κ1) is 30.4. The van der Waals surface area contributed by atoms with E-state index in [1.54, 1.807) is 11.1 Å². The molecule has 0 bridgehead atoms. The predicted octanol–water partition coefficient (Wildman–Crippen LogP) is 7.06. The summed E-state index contributed by atoms with van der Waals surface area (Å²) in [6.45, 7) is 12.5. The summed E-state index contributed by atoms with van der Waals surface area (Å²) in [4.78, 5) is 27.6. The summed E-state index contributed by atoms with van der Waals surface area (Å²) in [6.07, 6.45) is 13.6. The fourth-order valence-corrected chi connectivity index (χ4v) is 11.0. The van der Waals surface area contributed by atoms with Crippen molar-refractivity contribution in [2.75, 3.05) is 19.6 Å². The van der Waals surface area contributed by atoms with E-state index < -0.39 is 0 Å². The Balaban J connectivity index is 1.02. The van der Waals surface area contributed by atoms with Crippen LogP contribution in [0.2, 0.25) is 0 Å². The molecule has 44 heavy (non-hydrogen) atoms. The van der Waals surface area contributed by atoms with Crippen LogP contribution in [0.3, 0.4) is 0 Å². The molecular weight excluding hydrogens is 544 g/mol. The third-order valence-corrected chi connectivity index (χ3v) is 13.3. The van der Waals surface area contributed by atoms with Gasteiger partial charge in [-0.25, -0.2) is 0 Å². The Hall–Kier alpha value is -2.24. The zero-order valence-electron chi connectivity index (χ0n) is 27.6. The van der Waals surface area contributed by atoms with E-state index in [9.17, 15) is 9.59 Å². The number of allylic oxidation sites excluding steroid dienone is 3. The average molecular weight is 599 g/mol. The molecule has 1 unspecified atom stereocenters. The number of likely N-dealkylation sites (tertiary alicyclic amines) is 1. The number of carbonyl (C=O) groups is 2. The van der Waals surface area contributed by atoms with Gasteiger partial charge in [0.25, 0.3) is 0 Å². The first-order valence-corrected chi connectivity index (χ1v) is 17.8. The Labute approximate surface area is 265 Å². The van der Waals surface area contributed by atoms with Crippen LogP contribution in [0.1, 0.15) is 97.5 Å². The summed E-state index contributed by atoms with van der Waals surface area (Å²) in [5, 5.41) is 3.22. The van der Waals surface area contributed by atoms with Crippen LogP contribution >= 0.6 is 0 Å². The number of rotatable bonds is 6. The molecule has 6 aliphatic rings. The summed E-state index contributed by atoms with van der Waals surface area (Å²) in [5.41, 5.74) is 6.17. The van der Waals surface area contributed by atoms with Gasteiger partial charge in [0.2, 0.25) is 5.91 Å². The van der Waals surface area contributed by atoms with Gasteiger partial charge >= 0.3 is 0 Å². The molecule has 4 fully saturated rings. The van der Waals surface area contributed by atoms with Crippen molar-refractivity contribution >= 4 is 11.7 Å². The molecule has 2 saturated carbocycles. The van der Waals surface area contributed by atoms with Gasteiger partial charge in [-0.1, -0.05) is 73.9 Å². The van der Waals surface area contributed by atoms with Gasteiger partial charge in [-0.05, 0) is 92.9 Å². The molecule has 5 nitrogen and oxygen atoms in total. The second-order valence-corrected chi connectivity index (χ2v) is 15.9. The van der Waals surface area contributed by atoms with E-state index in [2.05, 4.69) is 56.1 Å². The Morgan fingerprint density at radius 1 is 1.16 bits per heavy atom. The largest absolute Gasteiger partial charge is 0.369 e. The van der Waals surface area contributed by atoms with Gasteiger partial charge in [0.15, 0.2) is 0 Å². The van der Waals surface area contributed by atoms with Crippen LogP contribution in [-0.2, 0) is 20.7 Å². The van der Waals surface area contributed by atoms with Gasteiger partial charge in [-0.15, -0.1) is 0 Å². The topological polar surface area (TPSA) is 58.6 Å². The monoisotopic (exact) mass is 598 g/mol. The van der Waals surface area contributed by atoms with Crippen molar-refractivity contribution in [1.82, 2.24) is 10.2 Å². The maximum atomic E-state index is 12.7. The van der Waals surface area contributed by atoms with Crippen LogP contribution in [0, 0.1) is 35.0 Å². The number of ether oxygens (including phenoxy) is 1. The molecule has 0 aromatic heterocycles. The zero-order chi connectivity index (χ0) is 30.6. The Bertz CT molecular complexity index is 1330. The lowest BCUT2D eigenvalue weighted by atomic mass is 9.57. The second kappa shape index (κ2) is 11.8. The molecule has 1 N–H and O–H groups in total. The van der Waals surface area contributed by atoms with Gasteiger partial charge < -0.3 is 10.1 Å². The number of amides is 1. The van der Waals surface area contributed by atoms with Crippen LogP contribution in [0.15, 0.2) is 53.1 Å². The minimum atomic E-state index is -0.0790. The lowest BCUT2D eigenvalue weighted by Crippen LogP contribution is -2.53. The smallest absolute Gasteiger partial charge is 0.220 e. The highest BCUT2D eigenvalue weighted by Crippen LogP contribution is 2.63. The number of fused-ring (bicyclic) bond motifs is 6. The standard InChI is InChI=1S/C39H54N2O3/c1-25-20-35-37(41(24-25)19-18-40-36(43)13-10-28-8-6-5-7-9-28)27(3)39(44-35)17-15-31-32-12-11-29-21-30(42)14-16-38(29,4)34(32)22-33(31)26(2)23-39/h5-9,11,25,27,31-32,34-35,37H,10,12-24H2,1-4H3,(H,40,43)/t25-,27+,31-,32-,34-,35+,37?,38-,39-/m0/s1. The highest BCUT2D eigenvalue weighted by atomic mass is 16.5. The van der Waals surface area contributed by atoms with E-state index in [1.165, 1.54) is 24.0 Å². The number of benzene rings is 1. The van der Waals surface area contributed by atoms with Crippen molar-refractivity contribution in [2.24, 2.45) is 35.0 Å². The molecule has 1 amide bonds. The third kappa shape index (κ3) is 5.34. The van der Waals surface area contributed by atoms with Crippen molar-refractivity contribution in [3.63, 3.8) is 0 Å². The maximum absolute atomic E-state index is 12.7. The van der Waals surface area contributed by atoms with Crippen LogP contribution in [-0.4, -0.2) is 54.0 Å². The third-order valence-electron chi connectivity index (χ3n) is 13.3. The van der Waals surface area contributed by atoms with Gasteiger partial charge in [-0.2, -0.15) is 0 Å². The molecule has 4 aliphatic carbocycles. The van der Waals surface area contributed by atoms with Crippen LogP contribution in [0.4, 0.5) is 0 Å². The summed E-state index contributed by atoms with van der Waals surface area (Å²) in [7, 11) is 0. The number of carbonyl (C=O) groups excluding carboxylic acids is 2. The van der Waals surface area contributed by atoms with Gasteiger partial charge in [0, 0.05) is 50.9 Å². The summed E-state index contributed by atoms with van der Waals surface area (Å²) >= 11 is 0. The summed E-state index contributed by atoms with van der Waals surface area (Å²) in [6, 6.07) is 10.7. The van der Waals surface area contributed by atoms with E-state index in [1.807, 2.05) is 18.2 Å². The maximum Gasteiger partial charge on any atom is 0.220 e. The minimum Gasteiger partial charge on any atom is -0.369 e. The summed E-state index contributed by atoms with van der Waals surface area (Å²) < 4.78 is 7.28. The molecule has 5 heteroatoms. The SMILES string of the molecule is CC1=C2C[C@H]3[C@@H](CC=C4CC(=O)CC[C@@]43C)[C@@H]2CC[C@@]2(C1)O[C@@H]1C[C@H](C)CN(CCNC(=O)CCc3ccccc3)C1[C@H]2C. The van der Waals surface area contributed by atoms with Crippen molar-refractivity contribution in [3.8, 4) is 0 Å². The highest BCUT2D eigenvalue weighted by Gasteiger charge is 2.59. The first-order chi connectivity index (χ1) is 21.2. The van der Waals surface area contributed by atoms with Gasteiger partial charge in [-0.3, -0.25) is 14.5 Å². The number of nitrogens with zero attached hydrogens (tertiary/aromatic N) is 1. The number of nitrogens with one attached hydrogen (secondary N) is 1. The van der Waals surface area contributed by atoms with Gasteiger partial charge in [0.1, 0.15) is 5.78 Å². The Morgan fingerprint density at radius 2 is 1.98 bits per heavy atom. The molecule has 1 aromatic carbocycles. The Kier molecular flexibility index (Phi) is 8.19. The number of aryl methyl sites for hydroxylation is 1. The first-order valence-electron chi connectivity index (χ1n) is 17.8. The zero-order valence-corrected chi connectivity index (χ0v) is 27.6. The number of ketones is 1. The minimum absolute atomic E-state index is 0.0790. The van der Waals surface area contributed by atoms with E-state index in [0.29, 0.717) is 54.9 Å². The van der Waals surface area contributed by atoms with Crippen LogP contribution < -0.4 is 5.32 Å². The van der Waals surface area contributed by atoms with Crippen molar-refractivity contribution in [1.29, 1.82) is 0 Å². The lowest BCUT2D eigenvalue weighted by molar-refractivity contribution is -0.122. The number of Topliss-reactive ketones (excluding diaryl/α,β-unsaturated/α-hetero) is 1. The quantitative estimate of drug-likeness (QED) is 0.356. The van der Waals surface area contributed by atoms with E-state index in [0.717, 1.165) is 64.0 Å². The van der Waals surface area contributed by atoms with E-state index >= 15 is 0 Å². The second-order valence-electron chi connectivity index (χ2n) is 15.9. The number of piperidine rings is 1. The van der Waals surface area contributed by atoms with Gasteiger partial charge in [0.05, 0.1) is 11.7 Å². The number of hydrogen-bond donors (Lipinski definition) is 1. The van der Waals surface area contributed by atoms with Crippen LogP contribution in [0.5, 0.6) is 0 Å². The molecule has 2 aliphatic heterocycles. The van der Waals surface area contributed by atoms with Crippen molar-refractivity contribution in [2.45, 2.75) is 116 Å². The van der Waals surface area contributed by atoms with Crippen LogP contribution in [0.25, 0.3) is 0 Å². The fraction of sp³-hybridized carbons (Fsp3) is 0.692. The molecular formula is C39H54N2O3. The molecule has 1 aromatic rings. The average Bonchev–Trinajstić information content (AvgIpc) is 3.47. The molecule has 238 valence electrons. The number of hydrogen-bond acceptors (Lipinski definition) is 4. The lowest BCUT2D eigenvalue weighted by Gasteiger charge is -2.47. The predicted molar refractivity (Wildman–Crippen MR) is 175 cm³/mol. The molecule has 0 radical (unpaired) electrons.